The molecule has 162 valence electrons. The highest BCUT2D eigenvalue weighted by atomic mass is 16.2. The fourth-order valence-electron chi connectivity index (χ4n) is 4.88. The van der Waals surface area contributed by atoms with E-state index in [4.69, 9.17) is 0 Å². The molecule has 1 aliphatic rings. The predicted octanol–water partition coefficient (Wildman–Crippen LogP) is 5.33. The van der Waals surface area contributed by atoms with Gasteiger partial charge < -0.3 is 9.88 Å². The first-order valence-corrected chi connectivity index (χ1v) is 11.3. The number of aryl methyl sites for hydroxylation is 2. The zero-order valence-corrected chi connectivity index (χ0v) is 18.7. The summed E-state index contributed by atoms with van der Waals surface area (Å²) in [7, 11) is 0. The standard InChI is InChI=1S/C28H29N3O/c1-20-13-14-25-24(19-20)21(2)26(29-25)28(32)31-17-15-30(16-18-31)27(22-9-5-3-6-10-22)23-11-7-4-8-12-23/h3-14,19,27,29H,15-18H2,1-2H3. The molecule has 1 aromatic heterocycles. The first-order valence-electron chi connectivity index (χ1n) is 11.3. The van der Waals surface area contributed by atoms with Crippen LogP contribution in [0.15, 0.2) is 78.9 Å². The number of amides is 1. The maximum absolute atomic E-state index is 13.4. The summed E-state index contributed by atoms with van der Waals surface area (Å²) < 4.78 is 0. The summed E-state index contributed by atoms with van der Waals surface area (Å²) in [5, 5.41) is 1.14. The van der Waals surface area contributed by atoms with Crippen molar-refractivity contribution >= 4 is 16.8 Å². The number of aromatic nitrogens is 1. The average Bonchev–Trinajstić information content (AvgIpc) is 3.16. The molecule has 0 radical (unpaired) electrons. The van der Waals surface area contributed by atoms with Crippen LogP contribution in [0.2, 0.25) is 0 Å². The summed E-state index contributed by atoms with van der Waals surface area (Å²) in [6.07, 6.45) is 0. The zero-order chi connectivity index (χ0) is 22.1. The van der Waals surface area contributed by atoms with E-state index >= 15 is 0 Å². The molecule has 1 N–H and O–H groups in total. The van der Waals surface area contributed by atoms with Gasteiger partial charge in [-0.25, -0.2) is 0 Å². The second-order valence-corrected chi connectivity index (χ2v) is 8.73. The highest BCUT2D eigenvalue weighted by Gasteiger charge is 2.29. The highest BCUT2D eigenvalue weighted by molar-refractivity contribution is 6.01. The number of piperazine rings is 1. The summed E-state index contributed by atoms with van der Waals surface area (Å²) in [4.78, 5) is 21.2. The summed E-state index contributed by atoms with van der Waals surface area (Å²) in [5.74, 6) is 0.104. The van der Waals surface area contributed by atoms with Crippen LogP contribution in [-0.2, 0) is 0 Å². The molecule has 5 rings (SSSR count). The SMILES string of the molecule is Cc1ccc2[nH]c(C(=O)N3CCN(C(c4ccccc4)c4ccccc4)CC3)c(C)c2c1. The number of fused-ring (bicyclic) bond motifs is 1. The molecule has 1 amide bonds. The molecular weight excluding hydrogens is 394 g/mol. The Morgan fingerprint density at radius 2 is 1.41 bits per heavy atom. The minimum Gasteiger partial charge on any atom is -0.350 e. The number of rotatable bonds is 4. The Bertz CT molecular complexity index is 1180. The Balaban J connectivity index is 1.36. The van der Waals surface area contributed by atoms with Crippen LogP contribution in [-0.4, -0.2) is 46.9 Å². The number of benzene rings is 3. The van der Waals surface area contributed by atoms with Gasteiger partial charge in [-0.15, -0.1) is 0 Å². The lowest BCUT2D eigenvalue weighted by molar-refractivity contribution is 0.0592. The minimum atomic E-state index is 0.104. The van der Waals surface area contributed by atoms with Gasteiger partial charge in [-0.1, -0.05) is 72.3 Å². The van der Waals surface area contributed by atoms with E-state index in [2.05, 4.69) is 95.7 Å². The van der Waals surface area contributed by atoms with Crippen LogP contribution in [0.25, 0.3) is 10.9 Å². The van der Waals surface area contributed by atoms with Gasteiger partial charge >= 0.3 is 0 Å². The first kappa shape index (κ1) is 20.5. The number of carbonyl (C=O) groups excluding carboxylic acids is 1. The van der Waals surface area contributed by atoms with Crippen LogP contribution in [0.3, 0.4) is 0 Å². The van der Waals surface area contributed by atoms with Crippen molar-refractivity contribution in [3.05, 3.63) is 107 Å². The molecule has 0 bridgehead atoms. The van der Waals surface area contributed by atoms with Gasteiger partial charge in [-0.05, 0) is 42.7 Å². The predicted molar refractivity (Wildman–Crippen MR) is 130 cm³/mol. The molecule has 4 nitrogen and oxygen atoms in total. The lowest BCUT2D eigenvalue weighted by Gasteiger charge is -2.39. The van der Waals surface area contributed by atoms with Gasteiger partial charge in [0.2, 0.25) is 0 Å². The van der Waals surface area contributed by atoms with Gasteiger partial charge in [-0.2, -0.15) is 0 Å². The summed E-state index contributed by atoms with van der Waals surface area (Å²) in [6.45, 7) is 7.27. The van der Waals surface area contributed by atoms with E-state index in [1.54, 1.807) is 0 Å². The molecule has 2 heterocycles. The van der Waals surface area contributed by atoms with Crippen LogP contribution in [0.1, 0.15) is 38.8 Å². The maximum atomic E-state index is 13.4. The fraction of sp³-hybridized carbons (Fsp3) is 0.250. The fourth-order valence-corrected chi connectivity index (χ4v) is 4.88. The van der Waals surface area contributed by atoms with Gasteiger partial charge in [0.25, 0.3) is 5.91 Å². The molecule has 32 heavy (non-hydrogen) atoms. The Labute approximate surface area is 189 Å². The van der Waals surface area contributed by atoms with Gasteiger partial charge in [0.15, 0.2) is 0 Å². The molecule has 3 aromatic carbocycles. The quantitative estimate of drug-likeness (QED) is 0.482. The molecule has 0 spiro atoms. The Kier molecular flexibility index (Phi) is 5.54. The van der Waals surface area contributed by atoms with Crippen molar-refractivity contribution in [2.24, 2.45) is 0 Å². The third kappa shape index (κ3) is 3.82. The second-order valence-electron chi connectivity index (χ2n) is 8.73. The van der Waals surface area contributed by atoms with E-state index in [0.29, 0.717) is 0 Å². The van der Waals surface area contributed by atoms with Gasteiger partial charge in [-0.3, -0.25) is 9.69 Å². The number of hydrogen-bond donors (Lipinski definition) is 1. The molecule has 0 aliphatic carbocycles. The van der Waals surface area contributed by atoms with Crippen LogP contribution >= 0.6 is 0 Å². The number of nitrogens with one attached hydrogen (secondary N) is 1. The van der Waals surface area contributed by atoms with E-state index in [-0.39, 0.29) is 11.9 Å². The molecule has 4 heteroatoms. The van der Waals surface area contributed by atoms with Gasteiger partial charge in [0, 0.05) is 37.1 Å². The molecule has 0 atom stereocenters. The van der Waals surface area contributed by atoms with E-state index < -0.39 is 0 Å². The summed E-state index contributed by atoms with van der Waals surface area (Å²) >= 11 is 0. The van der Waals surface area contributed by atoms with Crippen molar-refractivity contribution in [3.8, 4) is 0 Å². The van der Waals surface area contributed by atoms with Gasteiger partial charge in [0.1, 0.15) is 5.69 Å². The average molecular weight is 424 g/mol. The van der Waals surface area contributed by atoms with Crippen molar-refractivity contribution in [2.45, 2.75) is 19.9 Å². The summed E-state index contributed by atoms with van der Waals surface area (Å²) in [5.41, 5.74) is 6.59. The Hall–Kier alpha value is -3.37. The van der Waals surface area contributed by atoms with Crippen molar-refractivity contribution in [3.63, 3.8) is 0 Å². The molecule has 1 saturated heterocycles. The Morgan fingerprint density at radius 1 is 0.812 bits per heavy atom. The van der Waals surface area contributed by atoms with Crippen molar-refractivity contribution in [1.29, 1.82) is 0 Å². The Morgan fingerprint density at radius 3 is 2.00 bits per heavy atom. The third-order valence-electron chi connectivity index (χ3n) is 6.62. The molecule has 1 fully saturated rings. The molecule has 4 aromatic rings. The van der Waals surface area contributed by atoms with E-state index in [0.717, 1.165) is 48.3 Å². The lowest BCUT2D eigenvalue weighted by Crippen LogP contribution is -2.50. The van der Waals surface area contributed by atoms with Crippen LogP contribution in [0.5, 0.6) is 0 Å². The number of H-pyrrole nitrogens is 1. The number of nitrogens with zero attached hydrogens (tertiary/aromatic N) is 2. The zero-order valence-electron chi connectivity index (χ0n) is 18.7. The topological polar surface area (TPSA) is 39.3 Å². The molecule has 0 saturated carbocycles. The second kappa shape index (κ2) is 8.64. The largest absolute Gasteiger partial charge is 0.350 e. The van der Waals surface area contributed by atoms with Crippen LogP contribution in [0, 0.1) is 13.8 Å². The van der Waals surface area contributed by atoms with E-state index in [9.17, 15) is 4.79 Å². The number of carbonyl (C=O) groups is 1. The number of aromatic amines is 1. The highest BCUT2D eigenvalue weighted by Crippen LogP contribution is 2.30. The molecule has 0 unspecified atom stereocenters. The van der Waals surface area contributed by atoms with Gasteiger partial charge in [0.05, 0.1) is 6.04 Å². The van der Waals surface area contributed by atoms with Crippen molar-refractivity contribution in [2.75, 3.05) is 26.2 Å². The van der Waals surface area contributed by atoms with E-state index in [1.165, 1.54) is 16.7 Å². The summed E-state index contributed by atoms with van der Waals surface area (Å²) in [6, 6.07) is 27.8. The van der Waals surface area contributed by atoms with Crippen molar-refractivity contribution in [1.82, 2.24) is 14.8 Å². The number of hydrogen-bond acceptors (Lipinski definition) is 2. The van der Waals surface area contributed by atoms with Crippen molar-refractivity contribution < 1.29 is 4.79 Å². The molecule has 1 aliphatic heterocycles. The van der Waals surface area contributed by atoms with E-state index in [1.807, 2.05) is 11.8 Å². The minimum absolute atomic E-state index is 0.104. The first-order chi connectivity index (χ1) is 15.6. The molecular formula is C28H29N3O. The normalized spacial score (nSPS) is 14.9. The maximum Gasteiger partial charge on any atom is 0.270 e. The third-order valence-corrected chi connectivity index (χ3v) is 6.62. The van der Waals surface area contributed by atoms with Crippen LogP contribution in [0.4, 0.5) is 0 Å². The smallest absolute Gasteiger partial charge is 0.270 e. The van der Waals surface area contributed by atoms with Crippen LogP contribution < -0.4 is 0 Å². The monoisotopic (exact) mass is 423 g/mol. The lowest BCUT2D eigenvalue weighted by atomic mass is 9.96.